The predicted molar refractivity (Wildman–Crippen MR) is 144 cm³/mol. The lowest BCUT2D eigenvalue weighted by Gasteiger charge is -2.49. The van der Waals surface area contributed by atoms with Crippen molar-refractivity contribution in [3.8, 4) is 11.8 Å². The van der Waals surface area contributed by atoms with Crippen LogP contribution in [0.3, 0.4) is 0 Å². The number of nitrogens with zero attached hydrogens (tertiary/aromatic N) is 4. The summed E-state index contributed by atoms with van der Waals surface area (Å²) in [7, 11) is 0. The second-order valence-corrected chi connectivity index (χ2v) is 13.0. The van der Waals surface area contributed by atoms with E-state index in [0.29, 0.717) is 44.6 Å². The van der Waals surface area contributed by atoms with Gasteiger partial charge < -0.3 is 25.0 Å². The van der Waals surface area contributed by atoms with Crippen LogP contribution in [0.4, 0.5) is 5.82 Å². The zero-order chi connectivity index (χ0) is 24.9. The highest BCUT2D eigenvalue weighted by Gasteiger charge is 2.67. The third-order valence-electron chi connectivity index (χ3n) is 10.5. The Hall–Kier alpha value is -2.33. The zero-order valence-electron chi connectivity index (χ0n) is 21.1. The van der Waals surface area contributed by atoms with Gasteiger partial charge in [-0.2, -0.15) is 4.37 Å². The molecular weight excluding hydrogens is 486 g/mol. The summed E-state index contributed by atoms with van der Waals surface area (Å²) in [6, 6.07) is 8.33. The van der Waals surface area contributed by atoms with Gasteiger partial charge in [-0.15, -0.1) is 0 Å². The van der Waals surface area contributed by atoms with Crippen LogP contribution in [0.5, 0.6) is 11.8 Å². The Morgan fingerprint density at radius 1 is 1.05 bits per heavy atom. The molecular formula is C28H35N5O3S. The van der Waals surface area contributed by atoms with Crippen LogP contribution in [0.2, 0.25) is 0 Å². The Morgan fingerprint density at radius 3 is 2.54 bits per heavy atom. The first-order valence-corrected chi connectivity index (χ1v) is 14.8. The maximum absolute atomic E-state index is 14.2. The largest absolute Gasteiger partial charge is 0.631 e. The fourth-order valence-corrected chi connectivity index (χ4v) is 9.33. The molecule has 5 unspecified atom stereocenters. The van der Waals surface area contributed by atoms with E-state index in [1.54, 1.807) is 4.57 Å². The van der Waals surface area contributed by atoms with Crippen LogP contribution in [0, 0.1) is 11.1 Å². The molecule has 2 saturated carbocycles. The van der Waals surface area contributed by atoms with E-state index in [2.05, 4.69) is 28.4 Å². The predicted octanol–water partition coefficient (Wildman–Crippen LogP) is 4.57. The Morgan fingerprint density at radius 2 is 1.78 bits per heavy atom. The summed E-state index contributed by atoms with van der Waals surface area (Å²) >= 11 is 1.53. The molecule has 3 N–H and O–H groups in total. The number of hydrogen-bond acceptors (Lipinski definition) is 7. The smallest absolute Gasteiger partial charge is 0.197 e. The lowest BCUT2D eigenvalue weighted by molar-refractivity contribution is -0.895. The monoisotopic (exact) mass is 521 g/mol. The number of nitrogens with one attached hydrogen (secondary N) is 1. The number of benzene rings is 1. The lowest BCUT2D eigenvalue weighted by atomic mass is 9.77. The first-order valence-electron chi connectivity index (χ1n) is 14.1. The van der Waals surface area contributed by atoms with Gasteiger partial charge in [0.15, 0.2) is 23.7 Å². The summed E-state index contributed by atoms with van der Waals surface area (Å²) in [6.07, 6.45) is 7.50. The number of quaternary nitrogens is 1. The maximum atomic E-state index is 14.2. The van der Waals surface area contributed by atoms with Gasteiger partial charge in [0, 0.05) is 29.0 Å². The minimum Gasteiger partial charge on any atom is -0.631 e. The Bertz CT molecular complexity index is 1340. The molecule has 37 heavy (non-hydrogen) atoms. The molecule has 1 spiro atoms. The third kappa shape index (κ3) is 3.14. The summed E-state index contributed by atoms with van der Waals surface area (Å²) in [5.74, 6) is 2.63. The fourth-order valence-electron chi connectivity index (χ4n) is 8.53. The van der Waals surface area contributed by atoms with Gasteiger partial charge >= 0.3 is 0 Å². The zero-order valence-corrected chi connectivity index (χ0v) is 21.9. The van der Waals surface area contributed by atoms with E-state index < -0.39 is 0 Å². The van der Waals surface area contributed by atoms with Crippen LogP contribution < -0.4 is 10.2 Å². The van der Waals surface area contributed by atoms with Gasteiger partial charge in [0.25, 0.3) is 0 Å². The molecule has 0 amide bonds. The van der Waals surface area contributed by atoms with Crippen LogP contribution >= 0.6 is 11.5 Å². The van der Waals surface area contributed by atoms with E-state index in [9.17, 15) is 15.4 Å². The number of piperazine rings is 1. The van der Waals surface area contributed by atoms with Gasteiger partial charge in [0.05, 0.1) is 36.4 Å². The van der Waals surface area contributed by atoms with Gasteiger partial charge in [-0.1, -0.05) is 25.0 Å². The van der Waals surface area contributed by atoms with E-state index in [4.69, 9.17) is 4.37 Å². The molecule has 4 fully saturated rings. The van der Waals surface area contributed by atoms with Gasteiger partial charge in [-0.25, -0.2) is 0 Å². The van der Waals surface area contributed by atoms with Gasteiger partial charge in [-0.3, -0.25) is 9.88 Å². The molecule has 8 nitrogen and oxygen atoms in total. The highest BCUT2D eigenvalue weighted by Crippen LogP contribution is 2.60. The van der Waals surface area contributed by atoms with E-state index in [1.807, 2.05) is 6.07 Å². The quantitative estimate of drug-likeness (QED) is 0.264. The van der Waals surface area contributed by atoms with Crippen molar-refractivity contribution in [3.63, 3.8) is 0 Å². The molecule has 196 valence electrons. The molecule has 1 aromatic carbocycles. The van der Waals surface area contributed by atoms with Crippen LogP contribution in [0.25, 0.3) is 10.1 Å². The molecule has 9 heteroatoms. The number of hydrogen-bond donors (Lipinski definition) is 3. The van der Waals surface area contributed by atoms with Crippen molar-refractivity contribution < 1.29 is 14.9 Å². The van der Waals surface area contributed by atoms with Crippen molar-refractivity contribution in [2.45, 2.75) is 75.0 Å². The number of aromatic hydroxyl groups is 2. The summed E-state index contributed by atoms with van der Waals surface area (Å²) in [5, 5.41) is 41.4. The molecule has 5 atom stereocenters. The van der Waals surface area contributed by atoms with E-state index in [1.165, 1.54) is 21.6 Å². The minimum absolute atomic E-state index is 0.102. The Balaban J connectivity index is 1.02. The van der Waals surface area contributed by atoms with E-state index >= 15 is 0 Å². The number of aromatic nitrogens is 2. The van der Waals surface area contributed by atoms with Gasteiger partial charge in [0.1, 0.15) is 0 Å². The maximum Gasteiger partial charge on any atom is 0.197 e. The Kier molecular flexibility index (Phi) is 4.80. The third-order valence-corrected chi connectivity index (χ3v) is 11.3. The summed E-state index contributed by atoms with van der Waals surface area (Å²) < 4.78 is 7.49. The molecule has 4 heterocycles. The van der Waals surface area contributed by atoms with Crippen molar-refractivity contribution in [1.29, 1.82) is 0 Å². The second-order valence-electron chi connectivity index (χ2n) is 12.2. The van der Waals surface area contributed by atoms with E-state index in [-0.39, 0.29) is 34.0 Å². The summed E-state index contributed by atoms with van der Waals surface area (Å²) in [4.78, 5) is 2.28. The van der Waals surface area contributed by atoms with Crippen molar-refractivity contribution in [2.24, 2.45) is 5.92 Å². The van der Waals surface area contributed by atoms with Gasteiger partial charge in [0.2, 0.25) is 0 Å². The molecule has 2 bridgehead atoms. The Labute approximate surface area is 220 Å². The standard InChI is InChI=1S/C28H35N5O3S/c34-25-22-17-8-9-18(15-17)23(22)26(35)32(25)16-19-5-3-4-10-28(19)27(29-28)33(36)13-11-31(12-14-33)24-20-6-1-2-7-21(20)37-30-24/h1-2,6-7,17-19,27,29,34-35H,3-5,8-16H2. The van der Waals surface area contributed by atoms with Crippen molar-refractivity contribution in [3.05, 3.63) is 40.6 Å². The highest BCUT2D eigenvalue weighted by atomic mass is 32.1. The molecule has 3 aliphatic carbocycles. The molecule has 0 radical (unpaired) electrons. The summed E-state index contributed by atoms with van der Waals surface area (Å²) in [5.41, 5.74) is 1.83. The molecule has 2 aromatic heterocycles. The molecule has 8 rings (SSSR count). The number of fused-ring (bicyclic) bond motifs is 6. The molecule has 3 aromatic rings. The van der Waals surface area contributed by atoms with Crippen molar-refractivity contribution in [2.75, 3.05) is 31.1 Å². The van der Waals surface area contributed by atoms with Gasteiger partial charge in [-0.05, 0) is 67.6 Å². The molecule has 2 aliphatic heterocycles. The highest BCUT2D eigenvalue weighted by molar-refractivity contribution is 7.13. The van der Waals surface area contributed by atoms with Crippen LogP contribution in [-0.2, 0) is 6.54 Å². The van der Waals surface area contributed by atoms with E-state index in [0.717, 1.165) is 61.9 Å². The van der Waals surface area contributed by atoms with Crippen molar-refractivity contribution in [1.82, 2.24) is 14.3 Å². The average molecular weight is 522 g/mol. The topological polar surface area (TPSA) is 107 Å². The summed E-state index contributed by atoms with van der Waals surface area (Å²) in [6.45, 7) is 3.12. The van der Waals surface area contributed by atoms with Crippen LogP contribution in [0.1, 0.15) is 67.9 Å². The first kappa shape index (κ1) is 22.6. The minimum atomic E-state index is -0.195. The van der Waals surface area contributed by atoms with Crippen molar-refractivity contribution >= 4 is 27.4 Å². The molecule has 5 aliphatic rings. The average Bonchev–Trinajstić information content (AvgIpc) is 3.30. The lowest BCUT2D eigenvalue weighted by Crippen LogP contribution is -2.60. The number of hydroxylamine groups is 3. The number of anilines is 1. The number of rotatable bonds is 4. The normalized spacial score (nSPS) is 33.9. The SMILES string of the molecule is [O-][N+]1(C2NC23CCCCC3Cn2c(O)c3c(c2O)C2CCC3C2)CCN(c2nsc3ccccc23)CC1. The fraction of sp³-hybridized carbons (Fsp3) is 0.607. The second kappa shape index (κ2) is 7.85. The van der Waals surface area contributed by atoms with Crippen LogP contribution in [0.15, 0.2) is 24.3 Å². The molecule has 2 saturated heterocycles. The van der Waals surface area contributed by atoms with Crippen LogP contribution in [-0.4, -0.2) is 61.7 Å². The first-order chi connectivity index (χ1) is 18.0.